The van der Waals surface area contributed by atoms with Gasteiger partial charge in [0.25, 0.3) is 5.91 Å². The lowest BCUT2D eigenvalue weighted by atomic mass is 9.90. The van der Waals surface area contributed by atoms with E-state index in [1.165, 1.54) is 0 Å². The zero-order chi connectivity index (χ0) is 19.6. The number of hydrogen-bond acceptors (Lipinski definition) is 3. The largest absolute Gasteiger partial charge is 0.444 e. The van der Waals surface area contributed by atoms with Gasteiger partial charge in [0.15, 0.2) is 0 Å². The van der Waals surface area contributed by atoms with Gasteiger partial charge in [0.2, 0.25) is 0 Å². The van der Waals surface area contributed by atoms with Gasteiger partial charge in [-0.2, -0.15) is 0 Å². The molecule has 1 aliphatic rings. The second-order valence-corrected chi connectivity index (χ2v) is 8.47. The molecule has 1 heterocycles. The summed E-state index contributed by atoms with van der Waals surface area (Å²) < 4.78 is 5.35. The molecular weight excluding hydrogens is 366 g/mol. The Morgan fingerprint density at radius 3 is 2.44 bits per heavy atom. The lowest BCUT2D eigenvalue weighted by Crippen LogP contribution is -2.54. The average molecular weight is 392 g/mol. The second kappa shape index (κ2) is 7.80. The van der Waals surface area contributed by atoms with Gasteiger partial charge >= 0.3 is 6.09 Å². The second-order valence-electron chi connectivity index (χ2n) is 8.03. The number of ether oxygens (including phenoxy) is 1. The number of H-pyrrole nitrogens is 1. The number of carbonyl (C=O) groups excluding carboxylic acids is 2. The summed E-state index contributed by atoms with van der Waals surface area (Å²) in [6.45, 7) is 5.48. The van der Waals surface area contributed by atoms with E-state index in [0.717, 1.165) is 36.6 Å². The van der Waals surface area contributed by atoms with Crippen LogP contribution in [0, 0.1) is 0 Å². The number of aromatic amines is 1. The van der Waals surface area contributed by atoms with E-state index in [0.29, 0.717) is 10.7 Å². The van der Waals surface area contributed by atoms with Crippen LogP contribution in [0.1, 0.15) is 56.9 Å². The molecule has 0 saturated heterocycles. The van der Waals surface area contributed by atoms with E-state index in [1.54, 1.807) is 12.1 Å². The Kier molecular flexibility index (Phi) is 5.65. The molecule has 1 aromatic carbocycles. The number of aromatic nitrogens is 1. The van der Waals surface area contributed by atoms with Gasteiger partial charge in [-0.1, -0.05) is 24.4 Å². The molecule has 27 heavy (non-hydrogen) atoms. The van der Waals surface area contributed by atoms with Crippen LogP contribution in [0.5, 0.6) is 0 Å². The number of hydrogen-bond donors (Lipinski definition) is 3. The smallest absolute Gasteiger partial charge is 0.407 e. The first kappa shape index (κ1) is 19.5. The zero-order valence-electron chi connectivity index (χ0n) is 15.9. The highest BCUT2D eigenvalue weighted by Crippen LogP contribution is 2.22. The molecule has 1 aromatic heterocycles. The van der Waals surface area contributed by atoms with Crippen LogP contribution in [0.2, 0.25) is 5.02 Å². The Hall–Kier alpha value is -2.21. The normalized spacial score (nSPS) is 20.3. The van der Waals surface area contributed by atoms with Crippen LogP contribution in [0.25, 0.3) is 10.9 Å². The predicted molar refractivity (Wildman–Crippen MR) is 106 cm³/mol. The summed E-state index contributed by atoms with van der Waals surface area (Å²) in [4.78, 5) is 27.9. The lowest BCUT2D eigenvalue weighted by molar-refractivity contribution is 0.0474. The molecule has 2 aromatic rings. The molecule has 0 bridgehead atoms. The molecule has 7 heteroatoms. The first-order valence-corrected chi connectivity index (χ1v) is 9.68. The standard InChI is InChI=1S/C20H26ClN3O3/c1-20(2,3)27-19(26)24-16-7-5-4-6-15(16)23-18(25)17-11-12-10-13(21)8-9-14(12)22-17/h8-11,15-16,22H,4-7H2,1-3H3,(H,23,25)(H,24,26)/t15-,16?/m0/s1. The molecule has 146 valence electrons. The van der Waals surface area contributed by atoms with E-state index in [4.69, 9.17) is 16.3 Å². The van der Waals surface area contributed by atoms with Crippen molar-refractivity contribution in [3.8, 4) is 0 Å². The molecule has 0 radical (unpaired) electrons. The highest BCUT2D eigenvalue weighted by molar-refractivity contribution is 6.31. The Balaban J connectivity index is 1.67. The first-order valence-electron chi connectivity index (χ1n) is 9.30. The van der Waals surface area contributed by atoms with Gasteiger partial charge in [0.05, 0.1) is 6.04 Å². The maximum atomic E-state index is 12.7. The number of fused-ring (bicyclic) bond motifs is 1. The molecular formula is C20H26ClN3O3. The third kappa shape index (κ3) is 5.16. The Labute approximate surface area is 164 Å². The topological polar surface area (TPSA) is 83.2 Å². The van der Waals surface area contributed by atoms with Crippen LogP contribution in [0.3, 0.4) is 0 Å². The minimum absolute atomic E-state index is 0.131. The lowest BCUT2D eigenvalue weighted by Gasteiger charge is -2.33. The highest BCUT2D eigenvalue weighted by atomic mass is 35.5. The quantitative estimate of drug-likeness (QED) is 0.725. The fourth-order valence-electron chi connectivity index (χ4n) is 3.41. The third-order valence-corrected chi connectivity index (χ3v) is 4.85. The average Bonchev–Trinajstić information content (AvgIpc) is 2.98. The predicted octanol–water partition coefficient (Wildman–Crippen LogP) is 4.39. The summed E-state index contributed by atoms with van der Waals surface area (Å²) in [7, 11) is 0. The molecule has 1 aliphatic carbocycles. The van der Waals surface area contributed by atoms with Crippen molar-refractivity contribution in [2.24, 2.45) is 0 Å². The van der Waals surface area contributed by atoms with Gasteiger partial charge in [0, 0.05) is 22.0 Å². The molecule has 6 nitrogen and oxygen atoms in total. The summed E-state index contributed by atoms with van der Waals surface area (Å²) in [6, 6.07) is 6.96. The number of alkyl carbamates (subject to hydrolysis) is 1. The summed E-state index contributed by atoms with van der Waals surface area (Å²) >= 11 is 6.01. The number of benzene rings is 1. The molecule has 2 amide bonds. The molecule has 3 rings (SSSR count). The van der Waals surface area contributed by atoms with Crippen molar-refractivity contribution in [3.63, 3.8) is 0 Å². The van der Waals surface area contributed by atoms with E-state index in [9.17, 15) is 9.59 Å². The van der Waals surface area contributed by atoms with Gasteiger partial charge < -0.3 is 20.4 Å². The van der Waals surface area contributed by atoms with Crippen molar-refractivity contribution in [2.45, 2.75) is 64.1 Å². The van der Waals surface area contributed by atoms with E-state index in [-0.39, 0.29) is 18.0 Å². The van der Waals surface area contributed by atoms with Crippen molar-refractivity contribution < 1.29 is 14.3 Å². The Bertz CT molecular complexity index is 841. The van der Waals surface area contributed by atoms with Crippen molar-refractivity contribution in [3.05, 3.63) is 35.0 Å². The number of halogens is 1. The SMILES string of the molecule is CC(C)(C)OC(=O)NC1CCCC[C@@H]1NC(=O)c1cc2cc(Cl)ccc2[nH]1. The first-order chi connectivity index (χ1) is 12.7. The van der Waals surface area contributed by atoms with Crippen molar-refractivity contribution in [1.82, 2.24) is 15.6 Å². The molecule has 1 unspecified atom stereocenters. The van der Waals surface area contributed by atoms with Crippen LogP contribution < -0.4 is 10.6 Å². The van der Waals surface area contributed by atoms with Crippen LogP contribution in [-0.4, -0.2) is 34.7 Å². The molecule has 2 atom stereocenters. The fourth-order valence-corrected chi connectivity index (χ4v) is 3.59. The summed E-state index contributed by atoms with van der Waals surface area (Å²) in [5.41, 5.74) is 0.786. The number of rotatable bonds is 3. The molecule has 1 fully saturated rings. The maximum Gasteiger partial charge on any atom is 0.407 e. The summed E-state index contributed by atoms with van der Waals surface area (Å²) in [5.74, 6) is -0.190. The van der Waals surface area contributed by atoms with Gasteiger partial charge in [0.1, 0.15) is 11.3 Å². The van der Waals surface area contributed by atoms with E-state index < -0.39 is 11.7 Å². The van der Waals surface area contributed by atoms with Crippen LogP contribution in [-0.2, 0) is 4.74 Å². The Morgan fingerprint density at radius 2 is 1.78 bits per heavy atom. The van der Waals surface area contributed by atoms with Crippen LogP contribution in [0.4, 0.5) is 4.79 Å². The minimum atomic E-state index is -0.552. The number of carbonyl (C=O) groups is 2. The van der Waals surface area contributed by atoms with E-state index in [2.05, 4.69) is 15.6 Å². The zero-order valence-corrected chi connectivity index (χ0v) is 16.7. The number of amides is 2. The highest BCUT2D eigenvalue weighted by Gasteiger charge is 2.30. The molecule has 1 saturated carbocycles. The van der Waals surface area contributed by atoms with Crippen LogP contribution >= 0.6 is 11.6 Å². The maximum absolute atomic E-state index is 12.7. The summed E-state index contributed by atoms with van der Waals surface area (Å²) in [6.07, 6.45) is 3.20. The van der Waals surface area contributed by atoms with Crippen molar-refractivity contribution in [1.29, 1.82) is 0 Å². The van der Waals surface area contributed by atoms with Gasteiger partial charge in [-0.25, -0.2) is 4.79 Å². The van der Waals surface area contributed by atoms with E-state index >= 15 is 0 Å². The van der Waals surface area contributed by atoms with Crippen LogP contribution in [0.15, 0.2) is 24.3 Å². The number of nitrogens with one attached hydrogen (secondary N) is 3. The van der Waals surface area contributed by atoms with Crippen molar-refractivity contribution in [2.75, 3.05) is 0 Å². The third-order valence-electron chi connectivity index (χ3n) is 4.61. The Morgan fingerprint density at radius 1 is 1.11 bits per heavy atom. The fraction of sp³-hybridized carbons (Fsp3) is 0.500. The molecule has 0 spiro atoms. The minimum Gasteiger partial charge on any atom is -0.444 e. The summed E-state index contributed by atoms with van der Waals surface area (Å²) in [5, 5.41) is 7.48. The van der Waals surface area contributed by atoms with Gasteiger partial charge in [-0.3, -0.25) is 4.79 Å². The van der Waals surface area contributed by atoms with Gasteiger partial charge in [-0.15, -0.1) is 0 Å². The van der Waals surface area contributed by atoms with E-state index in [1.807, 2.05) is 32.9 Å². The van der Waals surface area contributed by atoms with Crippen molar-refractivity contribution >= 4 is 34.5 Å². The molecule has 0 aliphatic heterocycles. The monoisotopic (exact) mass is 391 g/mol. The van der Waals surface area contributed by atoms with Gasteiger partial charge in [-0.05, 0) is 57.9 Å². The molecule has 3 N–H and O–H groups in total.